The molecular formula is C13H20N2O3S. The van der Waals surface area contributed by atoms with Crippen LogP contribution >= 0.6 is 0 Å². The van der Waals surface area contributed by atoms with Gasteiger partial charge in [-0.2, -0.15) is 0 Å². The molecule has 106 valence electrons. The van der Waals surface area contributed by atoms with Gasteiger partial charge in [0.25, 0.3) is 0 Å². The number of sulfonamides is 1. The Morgan fingerprint density at radius 3 is 2.47 bits per heavy atom. The molecule has 1 aromatic carbocycles. The van der Waals surface area contributed by atoms with Crippen LogP contribution in [0.15, 0.2) is 17.0 Å². The molecule has 0 radical (unpaired) electrons. The van der Waals surface area contributed by atoms with Crippen LogP contribution in [-0.2, 0) is 14.8 Å². The lowest BCUT2D eigenvalue weighted by atomic mass is 10.1. The monoisotopic (exact) mass is 284 g/mol. The molecule has 0 aromatic heterocycles. The molecule has 0 bridgehead atoms. The Balaban J connectivity index is 2.29. The molecule has 0 saturated carbocycles. The predicted molar refractivity (Wildman–Crippen MR) is 74.5 cm³/mol. The van der Waals surface area contributed by atoms with E-state index in [0.29, 0.717) is 34.9 Å². The van der Waals surface area contributed by atoms with Crippen LogP contribution in [0.1, 0.15) is 24.0 Å². The normalized spacial score (nSPS) is 20.4. The molecule has 1 fully saturated rings. The maximum Gasteiger partial charge on any atom is 0.241 e. The van der Waals surface area contributed by atoms with Crippen LogP contribution < -0.4 is 10.5 Å². The lowest BCUT2D eigenvalue weighted by Crippen LogP contribution is -2.41. The zero-order chi connectivity index (χ0) is 14.0. The van der Waals surface area contributed by atoms with Crippen molar-refractivity contribution in [2.24, 2.45) is 0 Å². The second-order valence-electron chi connectivity index (χ2n) is 5.02. The SMILES string of the molecule is Cc1cc(N)cc(C)c1S(=O)(=O)NC1CCCOC1. The molecule has 1 aliphatic rings. The standard InChI is InChI=1S/C13H20N2O3S/c1-9-6-11(14)7-10(2)13(9)19(16,17)15-12-4-3-5-18-8-12/h6-7,12,15H,3-5,8,14H2,1-2H3. The van der Waals surface area contributed by atoms with E-state index in [-0.39, 0.29) is 6.04 Å². The molecule has 1 unspecified atom stereocenters. The second-order valence-corrected chi connectivity index (χ2v) is 6.67. The Morgan fingerprint density at radius 1 is 1.32 bits per heavy atom. The van der Waals surface area contributed by atoms with Gasteiger partial charge >= 0.3 is 0 Å². The molecule has 0 amide bonds. The van der Waals surface area contributed by atoms with Crippen LogP contribution in [0.25, 0.3) is 0 Å². The molecule has 2 rings (SSSR count). The van der Waals surface area contributed by atoms with Gasteiger partial charge in [-0.15, -0.1) is 0 Å². The van der Waals surface area contributed by atoms with E-state index >= 15 is 0 Å². The van der Waals surface area contributed by atoms with E-state index in [9.17, 15) is 8.42 Å². The molecule has 3 N–H and O–H groups in total. The van der Waals surface area contributed by atoms with E-state index in [2.05, 4.69) is 4.72 Å². The van der Waals surface area contributed by atoms with Gasteiger partial charge in [-0.25, -0.2) is 13.1 Å². The van der Waals surface area contributed by atoms with Gasteiger partial charge in [0.1, 0.15) is 0 Å². The first-order valence-corrected chi connectivity index (χ1v) is 7.85. The van der Waals surface area contributed by atoms with Gasteiger partial charge in [0.15, 0.2) is 0 Å². The maximum absolute atomic E-state index is 12.4. The molecule has 0 spiro atoms. The quantitative estimate of drug-likeness (QED) is 0.821. The molecule has 6 heteroatoms. The summed E-state index contributed by atoms with van der Waals surface area (Å²) in [7, 11) is -3.52. The topological polar surface area (TPSA) is 81.4 Å². The largest absolute Gasteiger partial charge is 0.399 e. The summed E-state index contributed by atoms with van der Waals surface area (Å²) in [5.74, 6) is 0. The highest BCUT2D eigenvalue weighted by molar-refractivity contribution is 7.89. The second kappa shape index (κ2) is 5.48. The summed E-state index contributed by atoms with van der Waals surface area (Å²) in [5.41, 5.74) is 7.64. The van der Waals surface area contributed by atoms with Gasteiger partial charge in [-0.3, -0.25) is 0 Å². The van der Waals surface area contributed by atoms with Crippen molar-refractivity contribution in [2.75, 3.05) is 18.9 Å². The summed E-state index contributed by atoms with van der Waals surface area (Å²) >= 11 is 0. The van der Waals surface area contributed by atoms with E-state index in [1.807, 2.05) is 0 Å². The first-order valence-electron chi connectivity index (χ1n) is 6.37. The van der Waals surface area contributed by atoms with Crippen molar-refractivity contribution in [3.05, 3.63) is 23.3 Å². The molecule has 5 nitrogen and oxygen atoms in total. The number of benzene rings is 1. The fourth-order valence-electron chi connectivity index (χ4n) is 2.52. The van der Waals surface area contributed by atoms with Gasteiger partial charge in [0, 0.05) is 18.3 Å². The Kier molecular flexibility index (Phi) is 4.13. The van der Waals surface area contributed by atoms with Gasteiger partial charge in [0.2, 0.25) is 10.0 Å². The maximum atomic E-state index is 12.4. The third-order valence-electron chi connectivity index (χ3n) is 3.23. The zero-order valence-corrected chi connectivity index (χ0v) is 12.1. The van der Waals surface area contributed by atoms with Gasteiger partial charge in [0.05, 0.1) is 11.5 Å². The highest BCUT2D eigenvalue weighted by Gasteiger charge is 2.25. The van der Waals surface area contributed by atoms with Crippen LogP contribution in [0.2, 0.25) is 0 Å². The number of ether oxygens (including phenoxy) is 1. The predicted octanol–water partition coefficient (Wildman–Crippen LogP) is 1.34. The fraction of sp³-hybridized carbons (Fsp3) is 0.538. The summed E-state index contributed by atoms with van der Waals surface area (Å²) in [6.07, 6.45) is 1.69. The van der Waals surface area contributed by atoms with Crippen molar-refractivity contribution in [3.63, 3.8) is 0 Å². The van der Waals surface area contributed by atoms with Gasteiger partial charge in [-0.05, 0) is 49.9 Å². The van der Waals surface area contributed by atoms with E-state index in [1.165, 1.54) is 0 Å². The summed E-state index contributed by atoms with van der Waals surface area (Å²) in [4.78, 5) is 0.326. The summed E-state index contributed by atoms with van der Waals surface area (Å²) in [5, 5.41) is 0. The van der Waals surface area contributed by atoms with Gasteiger partial charge < -0.3 is 10.5 Å². The third kappa shape index (κ3) is 3.26. The number of hydrogen-bond acceptors (Lipinski definition) is 4. The zero-order valence-electron chi connectivity index (χ0n) is 11.3. The van der Waals surface area contributed by atoms with Crippen molar-refractivity contribution in [1.82, 2.24) is 4.72 Å². The molecule has 1 heterocycles. The molecular weight excluding hydrogens is 264 g/mol. The number of hydrogen-bond donors (Lipinski definition) is 2. The number of rotatable bonds is 3. The number of nitrogens with two attached hydrogens (primary N) is 1. The molecule has 1 saturated heterocycles. The van der Waals surface area contributed by atoms with Crippen molar-refractivity contribution in [2.45, 2.75) is 37.6 Å². The van der Waals surface area contributed by atoms with Crippen molar-refractivity contribution >= 4 is 15.7 Å². The average Bonchev–Trinajstić information content (AvgIpc) is 2.27. The highest BCUT2D eigenvalue weighted by Crippen LogP contribution is 2.23. The van der Waals surface area contributed by atoms with Crippen LogP contribution in [-0.4, -0.2) is 27.7 Å². The van der Waals surface area contributed by atoms with Crippen molar-refractivity contribution in [1.29, 1.82) is 0 Å². The summed E-state index contributed by atoms with van der Waals surface area (Å²) in [6, 6.07) is 3.22. The first-order chi connectivity index (χ1) is 8.90. The van der Waals surface area contributed by atoms with E-state index in [4.69, 9.17) is 10.5 Å². The molecule has 1 aliphatic heterocycles. The smallest absolute Gasteiger partial charge is 0.241 e. The van der Waals surface area contributed by atoms with Crippen molar-refractivity contribution < 1.29 is 13.2 Å². The van der Waals surface area contributed by atoms with Gasteiger partial charge in [-0.1, -0.05) is 0 Å². The average molecular weight is 284 g/mol. The Morgan fingerprint density at radius 2 is 1.95 bits per heavy atom. The molecule has 1 aromatic rings. The summed E-state index contributed by atoms with van der Waals surface area (Å²) < 4.78 is 32.9. The van der Waals surface area contributed by atoms with Crippen LogP contribution in [0.3, 0.4) is 0 Å². The van der Waals surface area contributed by atoms with Crippen LogP contribution in [0.4, 0.5) is 5.69 Å². The number of nitrogen functional groups attached to an aromatic ring is 1. The third-order valence-corrected chi connectivity index (χ3v) is 5.06. The minimum atomic E-state index is -3.52. The number of nitrogens with one attached hydrogen (secondary N) is 1. The lowest BCUT2D eigenvalue weighted by molar-refractivity contribution is 0.0774. The fourth-order valence-corrected chi connectivity index (χ4v) is 4.23. The van der Waals surface area contributed by atoms with Crippen molar-refractivity contribution in [3.8, 4) is 0 Å². The first kappa shape index (κ1) is 14.3. The van der Waals surface area contributed by atoms with E-state index in [0.717, 1.165) is 12.8 Å². The van der Waals surface area contributed by atoms with Crippen LogP contribution in [0, 0.1) is 13.8 Å². The number of aryl methyl sites for hydroxylation is 2. The minimum Gasteiger partial charge on any atom is -0.399 e. The Labute approximate surface area is 114 Å². The molecule has 19 heavy (non-hydrogen) atoms. The minimum absolute atomic E-state index is 0.143. The highest BCUT2D eigenvalue weighted by atomic mass is 32.2. The Bertz CT molecular complexity index is 540. The summed E-state index contributed by atoms with van der Waals surface area (Å²) in [6.45, 7) is 4.66. The van der Waals surface area contributed by atoms with E-state index in [1.54, 1.807) is 26.0 Å². The Hall–Kier alpha value is -1.11. The number of anilines is 1. The molecule has 1 atom stereocenters. The molecule has 0 aliphatic carbocycles. The lowest BCUT2D eigenvalue weighted by Gasteiger charge is -2.24. The van der Waals surface area contributed by atoms with Crippen LogP contribution in [0.5, 0.6) is 0 Å². The van der Waals surface area contributed by atoms with E-state index < -0.39 is 10.0 Å².